The van der Waals surface area contributed by atoms with E-state index in [2.05, 4.69) is 10.1 Å². The maximum Gasteiger partial charge on any atom is 0.138 e. The molecule has 2 rings (SSSR count). The largest absolute Gasteiger partial charge is 0.303 e. The first-order valence-corrected chi connectivity index (χ1v) is 4.78. The highest BCUT2D eigenvalue weighted by Gasteiger charge is 1.97. The lowest BCUT2D eigenvalue weighted by atomic mass is 10.1. The summed E-state index contributed by atoms with van der Waals surface area (Å²) in [6.07, 6.45) is 5.45. The van der Waals surface area contributed by atoms with Crippen LogP contribution < -0.4 is 0 Å². The molecule has 1 heterocycles. The Morgan fingerprint density at radius 1 is 1.27 bits per heavy atom. The second-order valence-corrected chi connectivity index (χ2v) is 3.21. The summed E-state index contributed by atoms with van der Waals surface area (Å²) in [6, 6.07) is 7.94. The molecule has 0 unspecified atom stereocenters. The van der Waals surface area contributed by atoms with Gasteiger partial charge in [-0.3, -0.25) is 0 Å². The number of rotatable bonds is 4. The van der Waals surface area contributed by atoms with Crippen LogP contribution in [0.2, 0.25) is 0 Å². The first-order valence-electron chi connectivity index (χ1n) is 4.78. The summed E-state index contributed by atoms with van der Waals surface area (Å²) in [4.78, 5) is 14.1. The number of hydrogen-bond acceptors (Lipinski definition) is 3. The van der Waals surface area contributed by atoms with E-state index in [0.717, 1.165) is 24.0 Å². The van der Waals surface area contributed by atoms with Crippen LogP contribution >= 0.6 is 0 Å². The third-order valence-electron chi connectivity index (χ3n) is 2.17. The van der Waals surface area contributed by atoms with Gasteiger partial charge in [0.05, 0.1) is 5.69 Å². The summed E-state index contributed by atoms with van der Waals surface area (Å²) in [6.45, 7) is 0. The first-order chi connectivity index (χ1) is 7.40. The Morgan fingerprint density at radius 3 is 2.67 bits per heavy atom. The number of aromatic nitrogens is 3. The smallest absolute Gasteiger partial charge is 0.138 e. The van der Waals surface area contributed by atoms with Gasteiger partial charge in [0.1, 0.15) is 18.9 Å². The molecule has 0 fully saturated rings. The Bertz CT molecular complexity index is 420. The minimum atomic E-state index is 0.572. The number of carbonyl (C=O) groups is 1. The molecule has 0 spiro atoms. The van der Waals surface area contributed by atoms with Crippen LogP contribution in [0, 0.1) is 0 Å². The molecule has 0 aliphatic carbocycles. The van der Waals surface area contributed by atoms with E-state index in [1.807, 2.05) is 24.3 Å². The molecule has 0 radical (unpaired) electrons. The molecule has 0 aliphatic rings. The summed E-state index contributed by atoms with van der Waals surface area (Å²) in [5.41, 5.74) is 2.13. The fourth-order valence-electron chi connectivity index (χ4n) is 1.38. The van der Waals surface area contributed by atoms with E-state index < -0.39 is 0 Å². The van der Waals surface area contributed by atoms with Crippen molar-refractivity contribution < 1.29 is 4.79 Å². The second kappa shape index (κ2) is 4.50. The van der Waals surface area contributed by atoms with Gasteiger partial charge in [-0.25, -0.2) is 9.67 Å². The normalized spacial score (nSPS) is 10.1. The first kappa shape index (κ1) is 9.58. The lowest BCUT2D eigenvalue weighted by Crippen LogP contribution is -1.94. The Balaban J connectivity index is 2.14. The van der Waals surface area contributed by atoms with Crippen molar-refractivity contribution >= 4 is 6.29 Å². The highest BCUT2D eigenvalue weighted by Crippen LogP contribution is 2.09. The summed E-state index contributed by atoms with van der Waals surface area (Å²) in [5, 5.41) is 4.03. The predicted octanol–water partition coefficient (Wildman–Crippen LogP) is 1.40. The van der Waals surface area contributed by atoms with Crippen LogP contribution in [-0.2, 0) is 11.2 Å². The van der Waals surface area contributed by atoms with E-state index in [1.165, 1.54) is 6.33 Å². The van der Waals surface area contributed by atoms with Crippen LogP contribution in [0.3, 0.4) is 0 Å². The third kappa shape index (κ3) is 2.28. The van der Waals surface area contributed by atoms with Crippen molar-refractivity contribution in [3.8, 4) is 5.69 Å². The summed E-state index contributed by atoms with van der Waals surface area (Å²) >= 11 is 0. The van der Waals surface area contributed by atoms with Gasteiger partial charge in [0.15, 0.2) is 0 Å². The zero-order chi connectivity index (χ0) is 10.5. The van der Waals surface area contributed by atoms with Gasteiger partial charge in [0.25, 0.3) is 0 Å². The van der Waals surface area contributed by atoms with Crippen molar-refractivity contribution in [1.29, 1.82) is 0 Å². The molecule has 1 aromatic heterocycles. The van der Waals surface area contributed by atoms with E-state index in [1.54, 1.807) is 11.0 Å². The molecule has 1 aromatic carbocycles. The van der Waals surface area contributed by atoms with Gasteiger partial charge in [-0.1, -0.05) is 12.1 Å². The molecule has 0 saturated heterocycles. The molecule has 0 saturated carbocycles. The summed E-state index contributed by atoms with van der Waals surface area (Å²) in [5.74, 6) is 0. The minimum absolute atomic E-state index is 0.572. The molecule has 0 aliphatic heterocycles. The fraction of sp³-hybridized carbons (Fsp3) is 0.182. The fourth-order valence-corrected chi connectivity index (χ4v) is 1.38. The molecule has 76 valence electrons. The lowest BCUT2D eigenvalue weighted by Gasteiger charge is -2.01. The molecule has 4 nitrogen and oxygen atoms in total. The highest BCUT2D eigenvalue weighted by molar-refractivity contribution is 5.50. The van der Waals surface area contributed by atoms with Gasteiger partial charge in [-0.15, -0.1) is 0 Å². The van der Waals surface area contributed by atoms with E-state index in [4.69, 9.17) is 0 Å². The van der Waals surface area contributed by atoms with Gasteiger partial charge >= 0.3 is 0 Å². The molecule has 15 heavy (non-hydrogen) atoms. The molecule has 4 heteroatoms. The van der Waals surface area contributed by atoms with Crippen molar-refractivity contribution in [1.82, 2.24) is 14.8 Å². The Morgan fingerprint density at radius 2 is 2.07 bits per heavy atom. The van der Waals surface area contributed by atoms with Crippen molar-refractivity contribution in [2.75, 3.05) is 0 Å². The van der Waals surface area contributed by atoms with Crippen LogP contribution in [-0.4, -0.2) is 21.1 Å². The molecule has 0 bridgehead atoms. The average molecular weight is 201 g/mol. The van der Waals surface area contributed by atoms with E-state index in [0.29, 0.717) is 6.42 Å². The standard InChI is InChI=1S/C11H11N3O/c15-7-1-2-10-3-5-11(6-4-10)14-9-12-8-13-14/h3-9H,1-2H2. The maximum atomic E-state index is 10.2. The van der Waals surface area contributed by atoms with Crippen LogP contribution in [0.25, 0.3) is 5.69 Å². The minimum Gasteiger partial charge on any atom is -0.303 e. The van der Waals surface area contributed by atoms with Crippen LogP contribution in [0.4, 0.5) is 0 Å². The van der Waals surface area contributed by atoms with Crippen LogP contribution in [0.15, 0.2) is 36.9 Å². The van der Waals surface area contributed by atoms with E-state index >= 15 is 0 Å². The van der Waals surface area contributed by atoms with Crippen molar-refractivity contribution in [2.45, 2.75) is 12.8 Å². The highest BCUT2D eigenvalue weighted by atomic mass is 16.1. The van der Waals surface area contributed by atoms with E-state index in [9.17, 15) is 4.79 Å². The Hall–Kier alpha value is -1.97. The van der Waals surface area contributed by atoms with Gasteiger partial charge in [0, 0.05) is 6.42 Å². The number of aldehydes is 1. The zero-order valence-corrected chi connectivity index (χ0v) is 8.21. The van der Waals surface area contributed by atoms with E-state index in [-0.39, 0.29) is 0 Å². The molecule has 0 amide bonds. The number of hydrogen-bond donors (Lipinski definition) is 0. The molecule has 0 N–H and O–H groups in total. The van der Waals surface area contributed by atoms with Gasteiger partial charge in [0.2, 0.25) is 0 Å². The number of nitrogens with zero attached hydrogens (tertiary/aromatic N) is 3. The average Bonchev–Trinajstić information content (AvgIpc) is 2.80. The summed E-state index contributed by atoms with van der Waals surface area (Å²) < 4.78 is 1.70. The SMILES string of the molecule is O=CCCc1ccc(-n2cncn2)cc1. The quantitative estimate of drug-likeness (QED) is 0.702. The molecule has 2 aromatic rings. The Labute approximate surface area is 87.6 Å². The van der Waals surface area contributed by atoms with Crippen molar-refractivity contribution in [2.24, 2.45) is 0 Å². The monoisotopic (exact) mass is 201 g/mol. The second-order valence-electron chi connectivity index (χ2n) is 3.21. The topological polar surface area (TPSA) is 47.8 Å². The van der Waals surface area contributed by atoms with Crippen LogP contribution in [0.1, 0.15) is 12.0 Å². The number of benzene rings is 1. The predicted molar refractivity (Wildman–Crippen MR) is 55.7 cm³/mol. The Kier molecular flexibility index (Phi) is 2.88. The number of carbonyl (C=O) groups excluding carboxylic acids is 1. The van der Waals surface area contributed by atoms with Crippen molar-refractivity contribution in [3.63, 3.8) is 0 Å². The van der Waals surface area contributed by atoms with Gasteiger partial charge in [-0.05, 0) is 24.1 Å². The molecular weight excluding hydrogens is 190 g/mol. The lowest BCUT2D eigenvalue weighted by molar-refractivity contribution is -0.107. The maximum absolute atomic E-state index is 10.2. The van der Waals surface area contributed by atoms with Gasteiger partial charge < -0.3 is 4.79 Å². The zero-order valence-electron chi connectivity index (χ0n) is 8.21. The van der Waals surface area contributed by atoms with Crippen LogP contribution in [0.5, 0.6) is 0 Å². The molecular formula is C11H11N3O. The number of aryl methyl sites for hydroxylation is 1. The molecule has 0 atom stereocenters. The third-order valence-corrected chi connectivity index (χ3v) is 2.17. The summed E-state index contributed by atoms with van der Waals surface area (Å²) in [7, 11) is 0. The van der Waals surface area contributed by atoms with Gasteiger partial charge in [-0.2, -0.15) is 5.10 Å². The van der Waals surface area contributed by atoms with Crippen molar-refractivity contribution in [3.05, 3.63) is 42.5 Å².